The van der Waals surface area contributed by atoms with Crippen molar-refractivity contribution in [1.29, 1.82) is 0 Å². The monoisotopic (exact) mass is 333 g/mol. The average molecular weight is 333 g/mol. The van der Waals surface area contributed by atoms with Gasteiger partial charge in [0.05, 0.1) is 4.92 Å². The number of rotatable bonds is 5. The molecule has 0 saturated heterocycles. The summed E-state index contributed by atoms with van der Waals surface area (Å²) in [7, 11) is 0. The van der Waals surface area contributed by atoms with E-state index >= 15 is 0 Å². The molecule has 0 bridgehead atoms. The number of anilines is 2. The molecule has 0 aliphatic heterocycles. The van der Waals surface area contributed by atoms with Crippen LogP contribution >= 0.6 is 0 Å². The van der Waals surface area contributed by atoms with Gasteiger partial charge in [0, 0.05) is 12.1 Å². The van der Waals surface area contributed by atoms with E-state index in [4.69, 9.17) is 0 Å². The van der Waals surface area contributed by atoms with Gasteiger partial charge >= 0.3 is 5.69 Å². The average Bonchev–Trinajstić information content (AvgIpc) is 2.56. The fourth-order valence-electron chi connectivity index (χ4n) is 3.82. The van der Waals surface area contributed by atoms with Crippen molar-refractivity contribution in [2.24, 2.45) is 0 Å². The van der Waals surface area contributed by atoms with E-state index in [-0.39, 0.29) is 22.7 Å². The van der Waals surface area contributed by atoms with Crippen LogP contribution in [0.5, 0.6) is 0 Å². The van der Waals surface area contributed by atoms with Gasteiger partial charge in [-0.15, -0.1) is 0 Å². The molecule has 2 aliphatic rings. The molecule has 7 nitrogen and oxygen atoms in total. The number of hydrogen-bond donors (Lipinski definition) is 2. The van der Waals surface area contributed by atoms with Crippen LogP contribution in [0.1, 0.15) is 70.0 Å². The third kappa shape index (κ3) is 4.13. The quantitative estimate of drug-likeness (QED) is 0.620. The van der Waals surface area contributed by atoms with E-state index in [2.05, 4.69) is 20.6 Å². The number of aryl methyl sites for hydroxylation is 1. The maximum atomic E-state index is 11.7. The zero-order valence-corrected chi connectivity index (χ0v) is 14.4. The molecular weight excluding hydrogens is 306 g/mol. The third-order valence-electron chi connectivity index (χ3n) is 5.07. The molecular formula is C17H27N5O2. The Kier molecular flexibility index (Phi) is 5.48. The lowest BCUT2D eigenvalue weighted by atomic mass is 9.95. The van der Waals surface area contributed by atoms with Gasteiger partial charge in [-0.25, -0.2) is 9.97 Å². The molecule has 0 spiro atoms. The predicted octanol–water partition coefficient (Wildman–Crippen LogP) is 4.18. The van der Waals surface area contributed by atoms with Crippen molar-refractivity contribution in [3.05, 3.63) is 15.9 Å². The summed E-state index contributed by atoms with van der Waals surface area (Å²) in [5.74, 6) is 1.31. The first-order chi connectivity index (χ1) is 11.6. The summed E-state index contributed by atoms with van der Waals surface area (Å²) in [6.45, 7) is 1.79. The van der Waals surface area contributed by atoms with E-state index in [0.29, 0.717) is 17.5 Å². The molecule has 0 unspecified atom stereocenters. The van der Waals surface area contributed by atoms with E-state index in [1.54, 1.807) is 6.92 Å². The van der Waals surface area contributed by atoms with Gasteiger partial charge in [-0.3, -0.25) is 10.1 Å². The smallest absolute Gasteiger partial charge is 0.353 e. The summed E-state index contributed by atoms with van der Waals surface area (Å²) in [5.41, 5.74) is -0.00301. The van der Waals surface area contributed by atoms with Gasteiger partial charge in [-0.1, -0.05) is 38.5 Å². The lowest BCUT2D eigenvalue weighted by Crippen LogP contribution is -2.26. The Labute approximate surface area is 142 Å². The Morgan fingerprint density at radius 3 is 1.67 bits per heavy atom. The summed E-state index contributed by atoms with van der Waals surface area (Å²) in [5, 5.41) is 18.3. The predicted molar refractivity (Wildman–Crippen MR) is 94.4 cm³/mol. The van der Waals surface area contributed by atoms with E-state index in [0.717, 1.165) is 25.7 Å². The minimum absolute atomic E-state index is 0.00301. The van der Waals surface area contributed by atoms with Crippen molar-refractivity contribution >= 4 is 17.3 Å². The number of aromatic nitrogens is 2. The molecule has 2 N–H and O–H groups in total. The zero-order chi connectivity index (χ0) is 16.9. The summed E-state index contributed by atoms with van der Waals surface area (Å²) in [4.78, 5) is 20.0. The highest BCUT2D eigenvalue weighted by atomic mass is 16.6. The van der Waals surface area contributed by atoms with Crippen molar-refractivity contribution in [3.8, 4) is 0 Å². The molecule has 0 radical (unpaired) electrons. The molecule has 1 aromatic heterocycles. The molecule has 1 heterocycles. The molecule has 0 aromatic carbocycles. The number of hydrogen-bond acceptors (Lipinski definition) is 6. The van der Waals surface area contributed by atoms with Crippen LogP contribution in [0.15, 0.2) is 0 Å². The molecule has 2 saturated carbocycles. The summed E-state index contributed by atoms with van der Waals surface area (Å²) >= 11 is 0. The Balaban J connectivity index is 1.84. The van der Waals surface area contributed by atoms with Crippen molar-refractivity contribution < 1.29 is 4.92 Å². The van der Waals surface area contributed by atoms with E-state index < -0.39 is 0 Å². The third-order valence-corrected chi connectivity index (χ3v) is 5.07. The van der Waals surface area contributed by atoms with Gasteiger partial charge in [0.25, 0.3) is 0 Å². The largest absolute Gasteiger partial charge is 0.361 e. The van der Waals surface area contributed by atoms with Gasteiger partial charge in [-0.05, 0) is 32.6 Å². The van der Waals surface area contributed by atoms with Crippen molar-refractivity contribution in [1.82, 2.24) is 9.97 Å². The number of nitrogens with one attached hydrogen (secondary N) is 2. The standard InChI is InChI=1S/C17H27N5O2/c1-12-18-16(20-13-8-4-2-5-9-13)15(22(23)24)17(19-12)21-14-10-6-3-7-11-14/h13-14H,2-11H2,1H3,(H2,18,19,20,21). The maximum absolute atomic E-state index is 11.7. The molecule has 7 heteroatoms. The first-order valence-corrected chi connectivity index (χ1v) is 9.19. The topological polar surface area (TPSA) is 93.0 Å². The molecule has 0 amide bonds. The van der Waals surface area contributed by atoms with E-state index in [1.807, 2.05) is 0 Å². The van der Waals surface area contributed by atoms with Crippen LogP contribution in [0.3, 0.4) is 0 Å². The highest BCUT2D eigenvalue weighted by Crippen LogP contribution is 2.34. The van der Waals surface area contributed by atoms with E-state index in [1.165, 1.54) is 38.5 Å². The normalized spacial score (nSPS) is 19.9. The second-order valence-electron chi connectivity index (χ2n) is 7.03. The van der Waals surface area contributed by atoms with Crippen LogP contribution in [0.4, 0.5) is 17.3 Å². The summed E-state index contributed by atoms with van der Waals surface area (Å²) < 4.78 is 0. The summed E-state index contributed by atoms with van der Waals surface area (Å²) in [6.07, 6.45) is 11.4. The zero-order valence-electron chi connectivity index (χ0n) is 14.4. The Hall–Kier alpha value is -1.92. The van der Waals surface area contributed by atoms with Gasteiger partial charge in [0.2, 0.25) is 11.6 Å². The Bertz CT molecular complexity index is 539. The van der Waals surface area contributed by atoms with E-state index in [9.17, 15) is 10.1 Å². The van der Waals surface area contributed by atoms with Crippen molar-refractivity contribution in [2.75, 3.05) is 10.6 Å². The van der Waals surface area contributed by atoms with Gasteiger partial charge in [0.1, 0.15) is 5.82 Å². The van der Waals surface area contributed by atoms with Crippen LogP contribution < -0.4 is 10.6 Å². The minimum atomic E-state index is -0.351. The molecule has 0 atom stereocenters. The number of nitrogens with zero attached hydrogens (tertiary/aromatic N) is 3. The Morgan fingerprint density at radius 2 is 1.29 bits per heavy atom. The maximum Gasteiger partial charge on any atom is 0.353 e. The van der Waals surface area contributed by atoms with Crippen molar-refractivity contribution in [2.45, 2.75) is 83.2 Å². The lowest BCUT2D eigenvalue weighted by Gasteiger charge is -2.25. The summed E-state index contributed by atoms with van der Waals surface area (Å²) in [6, 6.07) is 0.545. The fraction of sp³-hybridized carbons (Fsp3) is 0.765. The molecule has 24 heavy (non-hydrogen) atoms. The fourth-order valence-corrected chi connectivity index (χ4v) is 3.82. The lowest BCUT2D eigenvalue weighted by molar-refractivity contribution is -0.383. The Morgan fingerprint density at radius 1 is 0.875 bits per heavy atom. The second kappa shape index (κ2) is 7.77. The van der Waals surface area contributed by atoms with Crippen molar-refractivity contribution in [3.63, 3.8) is 0 Å². The van der Waals surface area contributed by atoms with Gasteiger partial charge in [-0.2, -0.15) is 0 Å². The van der Waals surface area contributed by atoms with Crippen LogP contribution in [-0.2, 0) is 0 Å². The molecule has 132 valence electrons. The first-order valence-electron chi connectivity index (χ1n) is 9.19. The van der Waals surface area contributed by atoms with Gasteiger partial charge in [0.15, 0.2) is 0 Å². The van der Waals surface area contributed by atoms with Crippen LogP contribution in [-0.4, -0.2) is 27.0 Å². The number of nitro groups is 1. The highest BCUT2D eigenvalue weighted by Gasteiger charge is 2.28. The molecule has 3 rings (SSSR count). The van der Waals surface area contributed by atoms with Crippen LogP contribution in [0, 0.1) is 17.0 Å². The molecule has 2 fully saturated rings. The van der Waals surface area contributed by atoms with Crippen LogP contribution in [0.2, 0.25) is 0 Å². The SMILES string of the molecule is Cc1nc(NC2CCCCC2)c([N+](=O)[O-])c(NC2CCCCC2)n1. The van der Waals surface area contributed by atoms with Crippen LogP contribution in [0.25, 0.3) is 0 Å². The second-order valence-corrected chi connectivity index (χ2v) is 7.03. The minimum Gasteiger partial charge on any atom is -0.361 e. The molecule has 1 aromatic rings. The molecule has 2 aliphatic carbocycles. The first kappa shape index (κ1) is 16.9. The van der Waals surface area contributed by atoms with Gasteiger partial charge < -0.3 is 10.6 Å². The highest BCUT2D eigenvalue weighted by molar-refractivity contribution is 5.70.